The van der Waals surface area contributed by atoms with Gasteiger partial charge in [-0.1, -0.05) is 6.04 Å². The first-order chi connectivity index (χ1) is 5.35. The van der Waals surface area contributed by atoms with Crippen LogP contribution in [0.5, 0.6) is 0 Å². The predicted molar refractivity (Wildman–Crippen MR) is 50.7 cm³/mol. The molecule has 0 N–H and O–H groups in total. The lowest BCUT2D eigenvalue weighted by Crippen LogP contribution is -2.13. The molecule has 0 saturated heterocycles. The Bertz CT molecular complexity index is 80.2. The zero-order valence-electron chi connectivity index (χ0n) is 7.33. The number of rotatable bonds is 7. The van der Waals surface area contributed by atoms with Crippen LogP contribution in [0, 0.1) is 0 Å². The molecule has 0 fully saturated rings. The molecule has 0 unspecified atom stereocenters. The van der Waals surface area contributed by atoms with Gasteiger partial charge in [-0.3, -0.25) is 4.18 Å². The van der Waals surface area contributed by atoms with Gasteiger partial charge in [0.2, 0.25) is 0 Å². The van der Waals surface area contributed by atoms with Gasteiger partial charge < -0.3 is 9.47 Å². The lowest BCUT2D eigenvalue weighted by Gasteiger charge is -2.11. The molecule has 0 aliphatic rings. The van der Waals surface area contributed by atoms with Gasteiger partial charge in [-0.2, -0.15) is 0 Å². The molecule has 11 heavy (non-hydrogen) atoms. The lowest BCUT2D eigenvalue weighted by molar-refractivity contribution is -0.211. The minimum atomic E-state index is -0.519. The summed E-state index contributed by atoms with van der Waals surface area (Å²) in [7, 11) is 4.39. The van der Waals surface area contributed by atoms with E-state index in [-0.39, 0.29) is 0 Å². The fraction of sp³-hybridized carbons (Fsp3) is 1.00. The fourth-order valence-corrected chi connectivity index (χ4v) is 2.12. The highest BCUT2D eigenvalue weighted by molar-refractivity contribution is 7.94. The van der Waals surface area contributed by atoms with Gasteiger partial charge in [0, 0.05) is 30.2 Å². The highest BCUT2D eigenvalue weighted by Crippen LogP contribution is 2.10. The van der Waals surface area contributed by atoms with Crippen molar-refractivity contribution in [3.8, 4) is 0 Å². The van der Waals surface area contributed by atoms with Crippen LogP contribution in [0.25, 0.3) is 0 Å². The van der Waals surface area contributed by atoms with Crippen LogP contribution in [-0.4, -0.2) is 36.7 Å². The molecule has 0 rings (SSSR count). The third kappa shape index (κ3) is 6.83. The standard InChI is InChI=1S/C6H16O3SSi/c1-7-6(8-2)9-10-4-3-5-11/h6H,3-5H2,1-2,11H3. The van der Waals surface area contributed by atoms with Crippen LogP contribution in [0.4, 0.5) is 0 Å². The maximum atomic E-state index is 5.13. The second kappa shape index (κ2) is 8.54. The van der Waals surface area contributed by atoms with Crippen LogP contribution in [0.1, 0.15) is 6.42 Å². The molecular weight excluding hydrogens is 180 g/mol. The summed E-state index contributed by atoms with van der Waals surface area (Å²) in [4.78, 5) is 0. The Morgan fingerprint density at radius 2 is 2.00 bits per heavy atom. The van der Waals surface area contributed by atoms with E-state index >= 15 is 0 Å². The van der Waals surface area contributed by atoms with Crippen LogP contribution in [0.2, 0.25) is 6.04 Å². The van der Waals surface area contributed by atoms with Crippen LogP contribution < -0.4 is 0 Å². The van der Waals surface area contributed by atoms with E-state index in [9.17, 15) is 0 Å². The largest absolute Gasteiger partial charge is 0.333 e. The Morgan fingerprint density at radius 1 is 1.36 bits per heavy atom. The molecule has 0 aliphatic heterocycles. The molecule has 0 radical (unpaired) electrons. The van der Waals surface area contributed by atoms with E-state index in [4.69, 9.17) is 13.7 Å². The normalized spacial score (nSPS) is 11.2. The topological polar surface area (TPSA) is 27.7 Å². The second-order valence-electron chi connectivity index (χ2n) is 2.03. The third-order valence-corrected chi connectivity index (χ3v) is 2.57. The summed E-state index contributed by atoms with van der Waals surface area (Å²) < 4.78 is 14.8. The second-order valence-corrected chi connectivity index (χ2v) is 3.87. The van der Waals surface area contributed by atoms with E-state index in [2.05, 4.69) is 0 Å². The maximum absolute atomic E-state index is 5.13. The van der Waals surface area contributed by atoms with E-state index in [0.29, 0.717) is 0 Å². The van der Waals surface area contributed by atoms with Gasteiger partial charge in [0.1, 0.15) is 0 Å². The number of methoxy groups -OCH3 is 2. The van der Waals surface area contributed by atoms with Crippen molar-refractivity contribution in [2.45, 2.75) is 18.9 Å². The van der Waals surface area contributed by atoms with Crippen LogP contribution in [0.15, 0.2) is 0 Å². The summed E-state index contributed by atoms with van der Waals surface area (Å²) in [5, 5.41) is 0. The average Bonchev–Trinajstić information content (AvgIpc) is 2.05. The highest BCUT2D eigenvalue weighted by atomic mass is 32.2. The molecule has 0 aromatic rings. The average molecular weight is 196 g/mol. The molecule has 0 saturated carbocycles. The summed E-state index contributed by atoms with van der Waals surface area (Å²) in [5.41, 5.74) is 0. The molecule has 0 aliphatic carbocycles. The molecule has 0 aromatic carbocycles. The van der Waals surface area contributed by atoms with E-state index in [1.54, 1.807) is 14.2 Å². The van der Waals surface area contributed by atoms with E-state index < -0.39 is 6.48 Å². The monoisotopic (exact) mass is 196 g/mol. The van der Waals surface area contributed by atoms with Crippen LogP contribution in [0.3, 0.4) is 0 Å². The Kier molecular flexibility index (Phi) is 8.89. The first-order valence-electron chi connectivity index (χ1n) is 3.69. The van der Waals surface area contributed by atoms with Gasteiger partial charge in [-0.05, 0) is 18.5 Å². The number of hydrogen-bond acceptors (Lipinski definition) is 4. The number of ether oxygens (including phenoxy) is 2. The van der Waals surface area contributed by atoms with Crippen molar-refractivity contribution in [3.05, 3.63) is 0 Å². The van der Waals surface area contributed by atoms with E-state index in [1.165, 1.54) is 34.8 Å². The highest BCUT2D eigenvalue weighted by Gasteiger charge is 2.03. The molecule has 0 amide bonds. The van der Waals surface area contributed by atoms with Crippen molar-refractivity contribution >= 4 is 22.3 Å². The van der Waals surface area contributed by atoms with Gasteiger partial charge in [0.25, 0.3) is 6.48 Å². The van der Waals surface area contributed by atoms with Crippen molar-refractivity contribution in [1.29, 1.82) is 0 Å². The van der Waals surface area contributed by atoms with E-state index in [0.717, 1.165) is 5.75 Å². The molecule has 68 valence electrons. The molecule has 0 aromatic heterocycles. The minimum Gasteiger partial charge on any atom is -0.333 e. The summed E-state index contributed by atoms with van der Waals surface area (Å²) in [6.45, 7) is -0.519. The van der Waals surface area contributed by atoms with Crippen molar-refractivity contribution in [3.63, 3.8) is 0 Å². The Labute approximate surface area is 75.4 Å². The summed E-state index contributed by atoms with van der Waals surface area (Å²) in [6, 6.07) is 1.32. The molecule has 5 heteroatoms. The predicted octanol–water partition coefficient (Wildman–Crippen LogP) is 0.401. The smallest absolute Gasteiger partial charge is 0.282 e. The van der Waals surface area contributed by atoms with Gasteiger partial charge in [0.05, 0.1) is 0 Å². The SMILES string of the molecule is COC(OC)OSCCC[SiH3]. The van der Waals surface area contributed by atoms with Crippen LogP contribution in [-0.2, 0) is 13.7 Å². The van der Waals surface area contributed by atoms with Gasteiger partial charge >= 0.3 is 0 Å². The number of hydrogen-bond donors (Lipinski definition) is 0. The zero-order valence-corrected chi connectivity index (χ0v) is 10.1. The molecule has 0 heterocycles. The first-order valence-corrected chi connectivity index (χ1v) is 6.01. The van der Waals surface area contributed by atoms with Crippen molar-refractivity contribution in [2.75, 3.05) is 20.0 Å². The van der Waals surface area contributed by atoms with Crippen LogP contribution >= 0.6 is 12.0 Å². The van der Waals surface area contributed by atoms with Gasteiger partial charge in [0.15, 0.2) is 0 Å². The van der Waals surface area contributed by atoms with E-state index in [1.807, 2.05) is 0 Å². The molecular formula is C6H16O3SSi. The molecule has 0 bridgehead atoms. The Balaban J connectivity index is 3.07. The summed E-state index contributed by atoms with van der Waals surface area (Å²) >= 11 is 1.41. The zero-order chi connectivity index (χ0) is 8.53. The third-order valence-electron chi connectivity index (χ3n) is 1.11. The first kappa shape index (κ1) is 11.4. The lowest BCUT2D eigenvalue weighted by atomic mass is 10.6. The minimum absolute atomic E-state index is 0.519. The molecule has 0 atom stereocenters. The molecule has 3 nitrogen and oxygen atoms in total. The Hall–Kier alpha value is 0.447. The maximum Gasteiger partial charge on any atom is 0.282 e. The summed E-state index contributed by atoms with van der Waals surface area (Å²) in [6.07, 6.45) is 1.22. The van der Waals surface area contributed by atoms with Gasteiger partial charge in [-0.15, -0.1) is 0 Å². The van der Waals surface area contributed by atoms with Gasteiger partial charge in [-0.25, -0.2) is 0 Å². The fourth-order valence-electron chi connectivity index (χ4n) is 0.482. The van der Waals surface area contributed by atoms with Crippen molar-refractivity contribution < 1.29 is 13.7 Å². The van der Waals surface area contributed by atoms with Crippen molar-refractivity contribution in [2.24, 2.45) is 0 Å². The quantitative estimate of drug-likeness (QED) is 0.255. The Morgan fingerprint density at radius 3 is 2.45 bits per heavy atom. The summed E-state index contributed by atoms with van der Waals surface area (Å²) in [5.74, 6) is 1.02. The van der Waals surface area contributed by atoms with Crippen molar-refractivity contribution in [1.82, 2.24) is 0 Å². The molecule has 0 spiro atoms.